The van der Waals surface area contributed by atoms with Gasteiger partial charge in [-0.15, -0.1) is 0 Å². The molecule has 2 aromatic carbocycles. The summed E-state index contributed by atoms with van der Waals surface area (Å²) in [6.07, 6.45) is 3.29. The number of fused-ring (bicyclic) bond motifs is 3. The van der Waals surface area contributed by atoms with Gasteiger partial charge in [-0.3, -0.25) is 4.79 Å². The smallest absolute Gasteiger partial charge is 0.240 e. The summed E-state index contributed by atoms with van der Waals surface area (Å²) in [5, 5.41) is 6.51. The van der Waals surface area contributed by atoms with Crippen molar-refractivity contribution < 1.29 is 4.79 Å². The Labute approximate surface area is 143 Å². The highest BCUT2D eigenvalue weighted by Gasteiger charge is 2.41. The Morgan fingerprint density at radius 2 is 1.96 bits per heavy atom. The van der Waals surface area contributed by atoms with Crippen LogP contribution in [0, 0.1) is 12.8 Å². The fourth-order valence-electron chi connectivity index (χ4n) is 4.07. The lowest BCUT2D eigenvalue weighted by Crippen LogP contribution is -2.29. The minimum absolute atomic E-state index is 0.0126. The molecule has 0 bridgehead atoms. The van der Waals surface area contributed by atoms with Crippen LogP contribution in [0.4, 0.5) is 0 Å². The number of carbonyl (C=O) groups excluding carboxylic acids is 1. The van der Waals surface area contributed by atoms with Crippen molar-refractivity contribution in [3.63, 3.8) is 0 Å². The molecular weight excluding hydrogens is 296 g/mol. The minimum atomic E-state index is 0.0126. The molecule has 0 radical (unpaired) electrons. The maximum atomic E-state index is 12.3. The van der Waals surface area contributed by atoms with E-state index in [1.807, 2.05) is 18.2 Å². The Hall–Kier alpha value is -2.42. The third-order valence-electron chi connectivity index (χ3n) is 5.18. The third-order valence-corrected chi connectivity index (χ3v) is 5.18. The summed E-state index contributed by atoms with van der Waals surface area (Å²) in [6, 6.07) is 17.0. The van der Waals surface area contributed by atoms with Crippen LogP contribution < -0.4 is 0 Å². The number of carbonyl (C=O) groups is 1. The highest BCUT2D eigenvalue weighted by Crippen LogP contribution is 2.42. The molecule has 24 heavy (non-hydrogen) atoms. The lowest BCUT2D eigenvalue weighted by molar-refractivity contribution is -0.131. The van der Waals surface area contributed by atoms with Crippen molar-refractivity contribution in [2.75, 3.05) is 0 Å². The van der Waals surface area contributed by atoms with Gasteiger partial charge in [-0.2, -0.15) is 5.10 Å². The lowest BCUT2D eigenvalue weighted by Gasteiger charge is -2.26. The quantitative estimate of drug-likeness (QED) is 0.773. The number of benzene rings is 2. The Morgan fingerprint density at radius 1 is 1.17 bits per heavy atom. The number of nitrogens with zero attached hydrogens (tertiary/aromatic N) is 2. The molecule has 4 rings (SSSR count). The molecule has 0 saturated carbocycles. The van der Waals surface area contributed by atoms with Crippen molar-refractivity contribution in [3.8, 4) is 0 Å². The van der Waals surface area contributed by atoms with Crippen molar-refractivity contribution in [3.05, 3.63) is 70.8 Å². The van der Waals surface area contributed by atoms with Gasteiger partial charge >= 0.3 is 0 Å². The molecule has 0 fully saturated rings. The number of rotatable bonds is 1. The monoisotopic (exact) mass is 318 g/mol. The van der Waals surface area contributed by atoms with Crippen molar-refractivity contribution in [1.29, 1.82) is 0 Å². The van der Waals surface area contributed by atoms with Gasteiger partial charge in [-0.1, -0.05) is 48.0 Å². The molecule has 0 N–H and O–H groups in total. The number of hydrogen-bond acceptors (Lipinski definition) is 2. The first-order valence-electron chi connectivity index (χ1n) is 8.68. The van der Waals surface area contributed by atoms with Crippen LogP contribution >= 0.6 is 0 Å². The highest BCUT2D eigenvalue weighted by atomic mass is 16.2. The summed E-state index contributed by atoms with van der Waals surface area (Å²) in [4.78, 5) is 12.3. The molecule has 0 unspecified atom stereocenters. The topological polar surface area (TPSA) is 32.7 Å². The first-order chi connectivity index (χ1) is 11.6. The molecule has 0 saturated heterocycles. The van der Waals surface area contributed by atoms with Crippen LogP contribution in [-0.4, -0.2) is 16.6 Å². The summed E-state index contributed by atoms with van der Waals surface area (Å²) in [6.45, 7) is 3.73. The lowest BCUT2D eigenvalue weighted by atomic mass is 9.85. The zero-order chi connectivity index (χ0) is 16.7. The molecule has 1 heterocycles. The summed E-state index contributed by atoms with van der Waals surface area (Å²) < 4.78 is 0. The van der Waals surface area contributed by atoms with E-state index < -0.39 is 0 Å². The first kappa shape index (κ1) is 15.1. The molecule has 0 aromatic heterocycles. The third kappa shape index (κ3) is 2.44. The van der Waals surface area contributed by atoms with Gasteiger partial charge in [0, 0.05) is 18.4 Å². The van der Waals surface area contributed by atoms with Crippen LogP contribution in [0.1, 0.15) is 48.1 Å². The average Bonchev–Trinajstić information content (AvgIpc) is 2.88. The van der Waals surface area contributed by atoms with Gasteiger partial charge in [0.2, 0.25) is 5.91 Å². The van der Waals surface area contributed by atoms with Crippen molar-refractivity contribution in [2.45, 2.75) is 39.2 Å². The SMILES string of the molecule is CC(=O)N1N=C2c3cc(C)ccc3CCC[C@H]2[C@@H]1c1ccccc1. The van der Waals surface area contributed by atoms with Crippen LogP contribution in [0.2, 0.25) is 0 Å². The van der Waals surface area contributed by atoms with Gasteiger partial charge in [0.1, 0.15) is 0 Å². The molecule has 3 nitrogen and oxygen atoms in total. The molecule has 122 valence electrons. The van der Waals surface area contributed by atoms with E-state index in [0.717, 1.165) is 25.0 Å². The summed E-state index contributed by atoms with van der Waals surface area (Å²) in [5.41, 5.74) is 6.11. The Bertz CT molecular complexity index is 810. The van der Waals surface area contributed by atoms with Crippen LogP contribution in [0.25, 0.3) is 0 Å². The van der Waals surface area contributed by atoms with Gasteiger partial charge in [0.25, 0.3) is 0 Å². The first-order valence-corrected chi connectivity index (χ1v) is 8.68. The van der Waals surface area contributed by atoms with E-state index in [0.29, 0.717) is 0 Å². The zero-order valence-electron chi connectivity index (χ0n) is 14.2. The predicted molar refractivity (Wildman–Crippen MR) is 95.8 cm³/mol. The Kier molecular flexibility index (Phi) is 3.72. The maximum Gasteiger partial charge on any atom is 0.240 e. The van der Waals surface area contributed by atoms with Gasteiger partial charge < -0.3 is 0 Å². The molecule has 1 aliphatic heterocycles. The van der Waals surface area contributed by atoms with Crippen molar-refractivity contribution in [2.24, 2.45) is 11.0 Å². The van der Waals surface area contributed by atoms with E-state index in [1.54, 1.807) is 11.9 Å². The molecule has 1 amide bonds. The molecule has 2 atom stereocenters. The Morgan fingerprint density at radius 3 is 2.71 bits per heavy atom. The summed E-state index contributed by atoms with van der Waals surface area (Å²) in [5.74, 6) is 0.290. The zero-order valence-corrected chi connectivity index (χ0v) is 14.2. The van der Waals surface area contributed by atoms with Crippen LogP contribution in [-0.2, 0) is 11.2 Å². The van der Waals surface area contributed by atoms with Gasteiger partial charge in [0.15, 0.2) is 0 Å². The average molecular weight is 318 g/mol. The summed E-state index contributed by atoms with van der Waals surface area (Å²) >= 11 is 0. The fraction of sp³-hybridized carbons (Fsp3) is 0.333. The van der Waals surface area contributed by atoms with Crippen LogP contribution in [0.15, 0.2) is 53.6 Å². The van der Waals surface area contributed by atoms with Crippen LogP contribution in [0.3, 0.4) is 0 Å². The largest absolute Gasteiger partial charge is 0.273 e. The van der Waals surface area contributed by atoms with E-state index in [-0.39, 0.29) is 17.9 Å². The van der Waals surface area contributed by atoms with E-state index in [2.05, 4.69) is 37.3 Å². The van der Waals surface area contributed by atoms with E-state index in [4.69, 9.17) is 5.10 Å². The van der Waals surface area contributed by atoms with E-state index >= 15 is 0 Å². The molecule has 0 spiro atoms. The normalized spacial score (nSPS) is 22.4. The highest BCUT2D eigenvalue weighted by molar-refractivity contribution is 6.06. The standard InChI is InChI=1S/C21H22N2O/c1-14-11-12-16-9-6-10-18-20(19(16)13-14)22-23(15(2)24)21(18)17-7-4-3-5-8-17/h3-5,7-8,11-13,18,21H,6,9-10H2,1-2H3/t18-,21+/m1/s1. The maximum absolute atomic E-state index is 12.3. The molecule has 2 aromatic rings. The number of hydrazone groups is 1. The second-order valence-corrected chi connectivity index (χ2v) is 6.86. The summed E-state index contributed by atoms with van der Waals surface area (Å²) in [7, 11) is 0. The van der Waals surface area contributed by atoms with Gasteiger partial charge in [0.05, 0.1) is 11.8 Å². The second kappa shape index (κ2) is 5.90. The molecule has 1 aliphatic carbocycles. The Balaban J connectivity index is 1.85. The number of aryl methyl sites for hydroxylation is 2. The van der Waals surface area contributed by atoms with Gasteiger partial charge in [-0.05, 0) is 43.4 Å². The molecular formula is C21H22N2O. The minimum Gasteiger partial charge on any atom is -0.273 e. The second-order valence-electron chi connectivity index (χ2n) is 6.86. The van der Waals surface area contributed by atoms with Crippen LogP contribution in [0.5, 0.6) is 0 Å². The number of amides is 1. The van der Waals surface area contributed by atoms with Gasteiger partial charge in [-0.25, -0.2) is 5.01 Å². The molecule has 3 heteroatoms. The van der Waals surface area contributed by atoms with E-state index in [1.165, 1.54) is 22.3 Å². The van der Waals surface area contributed by atoms with Crippen molar-refractivity contribution in [1.82, 2.24) is 5.01 Å². The van der Waals surface area contributed by atoms with Crippen molar-refractivity contribution >= 4 is 11.6 Å². The fourth-order valence-corrected chi connectivity index (χ4v) is 4.07. The number of hydrogen-bond donors (Lipinski definition) is 0. The van der Waals surface area contributed by atoms with E-state index in [9.17, 15) is 4.79 Å². The predicted octanol–water partition coefficient (Wildman–Crippen LogP) is 4.26. The molecule has 2 aliphatic rings.